The Kier molecular flexibility index (Phi) is 3.71. The summed E-state index contributed by atoms with van der Waals surface area (Å²) in [4.78, 5) is 11.6. The highest BCUT2D eigenvalue weighted by Crippen LogP contribution is 2.35. The zero-order valence-electron chi connectivity index (χ0n) is 10.7. The number of esters is 1. The van der Waals surface area contributed by atoms with Crippen LogP contribution >= 0.6 is 0 Å². The molecule has 1 heterocycles. The van der Waals surface area contributed by atoms with Gasteiger partial charge in [0.2, 0.25) is 6.79 Å². The lowest BCUT2D eigenvalue weighted by Gasteiger charge is -2.04. The molecule has 0 fully saturated rings. The van der Waals surface area contributed by atoms with E-state index in [2.05, 4.69) is 0 Å². The average molecular weight is 259 g/mol. The molecule has 0 saturated heterocycles. The van der Waals surface area contributed by atoms with Crippen LogP contribution in [0, 0.1) is 18.3 Å². The van der Waals surface area contributed by atoms with E-state index in [1.807, 2.05) is 19.1 Å². The molecule has 0 spiro atoms. The lowest BCUT2D eigenvalue weighted by atomic mass is 10.0. The normalized spacial score (nSPS) is 13.0. The van der Waals surface area contributed by atoms with Gasteiger partial charge in [-0.1, -0.05) is 0 Å². The van der Waals surface area contributed by atoms with Crippen LogP contribution < -0.4 is 9.47 Å². The second-order valence-corrected chi connectivity index (χ2v) is 3.95. The van der Waals surface area contributed by atoms with Gasteiger partial charge in [0.15, 0.2) is 11.5 Å². The van der Waals surface area contributed by atoms with Gasteiger partial charge in [-0.2, -0.15) is 5.26 Å². The molecule has 0 amide bonds. The van der Waals surface area contributed by atoms with Gasteiger partial charge in [-0.3, -0.25) is 0 Å². The van der Waals surface area contributed by atoms with Gasteiger partial charge in [0.25, 0.3) is 0 Å². The number of carbonyl (C=O) groups excluding carboxylic acids is 1. The first-order valence-electron chi connectivity index (χ1n) is 5.85. The van der Waals surface area contributed by atoms with Gasteiger partial charge in [0, 0.05) is 0 Å². The van der Waals surface area contributed by atoms with E-state index in [4.69, 9.17) is 19.5 Å². The first-order valence-corrected chi connectivity index (χ1v) is 5.85. The molecule has 0 saturated carbocycles. The summed E-state index contributed by atoms with van der Waals surface area (Å²) in [5, 5.41) is 8.99. The summed E-state index contributed by atoms with van der Waals surface area (Å²) >= 11 is 0. The van der Waals surface area contributed by atoms with Gasteiger partial charge >= 0.3 is 5.97 Å². The molecule has 1 aromatic rings. The van der Waals surface area contributed by atoms with Crippen molar-refractivity contribution in [3.63, 3.8) is 0 Å². The van der Waals surface area contributed by atoms with Crippen LogP contribution in [-0.2, 0) is 9.53 Å². The van der Waals surface area contributed by atoms with Gasteiger partial charge in [0.05, 0.1) is 6.61 Å². The monoisotopic (exact) mass is 259 g/mol. The lowest BCUT2D eigenvalue weighted by Crippen LogP contribution is -2.06. The smallest absolute Gasteiger partial charge is 0.348 e. The van der Waals surface area contributed by atoms with E-state index in [1.165, 1.54) is 6.08 Å². The second-order valence-electron chi connectivity index (χ2n) is 3.95. The van der Waals surface area contributed by atoms with Crippen molar-refractivity contribution < 1.29 is 19.0 Å². The third-order valence-electron chi connectivity index (χ3n) is 2.68. The van der Waals surface area contributed by atoms with Gasteiger partial charge < -0.3 is 14.2 Å². The molecule has 1 aliphatic rings. The van der Waals surface area contributed by atoms with Crippen LogP contribution in [-0.4, -0.2) is 19.4 Å². The van der Waals surface area contributed by atoms with Crippen LogP contribution in [0.2, 0.25) is 0 Å². The average Bonchev–Trinajstić information content (AvgIpc) is 2.83. The van der Waals surface area contributed by atoms with Crippen molar-refractivity contribution in [2.45, 2.75) is 13.8 Å². The Labute approximate surface area is 111 Å². The number of nitrogens with zero attached hydrogens (tertiary/aromatic N) is 1. The summed E-state index contributed by atoms with van der Waals surface area (Å²) in [6.07, 6.45) is 1.50. The van der Waals surface area contributed by atoms with Crippen molar-refractivity contribution in [3.05, 3.63) is 28.8 Å². The van der Waals surface area contributed by atoms with Crippen LogP contribution in [0.1, 0.15) is 18.1 Å². The Hall–Kier alpha value is -2.48. The molecular formula is C14H13NO4. The maximum absolute atomic E-state index is 11.6. The number of nitriles is 1. The minimum absolute atomic E-state index is 0.0381. The predicted molar refractivity (Wildman–Crippen MR) is 67.5 cm³/mol. The number of carbonyl (C=O) groups is 1. The highest BCUT2D eigenvalue weighted by molar-refractivity contribution is 5.98. The van der Waals surface area contributed by atoms with Crippen molar-refractivity contribution in [2.24, 2.45) is 0 Å². The summed E-state index contributed by atoms with van der Waals surface area (Å²) in [7, 11) is 0. The van der Waals surface area contributed by atoms with E-state index in [9.17, 15) is 4.79 Å². The quantitative estimate of drug-likeness (QED) is 0.473. The molecule has 0 N–H and O–H groups in total. The Morgan fingerprint density at radius 3 is 2.79 bits per heavy atom. The van der Waals surface area contributed by atoms with Crippen molar-refractivity contribution in [2.75, 3.05) is 13.4 Å². The number of aryl methyl sites for hydroxylation is 1. The number of ether oxygens (including phenoxy) is 3. The van der Waals surface area contributed by atoms with Crippen molar-refractivity contribution in [3.8, 4) is 17.6 Å². The van der Waals surface area contributed by atoms with E-state index in [0.717, 1.165) is 11.1 Å². The third kappa shape index (κ3) is 2.68. The number of hydrogen-bond acceptors (Lipinski definition) is 5. The summed E-state index contributed by atoms with van der Waals surface area (Å²) in [6.45, 7) is 3.98. The lowest BCUT2D eigenvalue weighted by molar-refractivity contribution is -0.137. The minimum atomic E-state index is -0.623. The standard InChI is InChI=1S/C14H13NO4/c1-3-17-14(16)11(7-15)5-10-6-13-12(4-9(10)2)18-8-19-13/h4-6H,3,8H2,1-2H3/b11-5+. The summed E-state index contributed by atoms with van der Waals surface area (Å²) in [5.41, 5.74) is 1.58. The first-order chi connectivity index (χ1) is 9.15. The van der Waals surface area contributed by atoms with Gasteiger partial charge in [-0.25, -0.2) is 4.79 Å². The largest absolute Gasteiger partial charge is 0.462 e. The fourth-order valence-electron chi connectivity index (χ4n) is 1.72. The van der Waals surface area contributed by atoms with Gasteiger partial charge in [0.1, 0.15) is 11.6 Å². The Morgan fingerprint density at radius 2 is 2.16 bits per heavy atom. The molecule has 0 radical (unpaired) electrons. The summed E-state index contributed by atoms with van der Waals surface area (Å²) < 4.78 is 15.3. The molecule has 1 aromatic carbocycles. The van der Waals surface area contributed by atoms with E-state index < -0.39 is 5.97 Å². The van der Waals surface area contributed by atoms with Crippen molar-refractivity contribution in [1.29, 1.82) is 5.26 Å². The molecule has 2 rings (SSSR count). The summed E-state index contributed by atoms with van der Waals surface area (Å²) in [6, 6.07) is 5.40. The van der Waals surface area contributed by atoms with E-state index in [0.29, 0.717) is 11.5 Å². The highest BCUT2D eigenvalue weighted by atomic mass is 16.7. The van der Waals surface area contributed by atoms with Crippen LogP contribution in [0.25, 0.3) is 6.08 Å². The minimum Gasteiger partial charge on any atom is -0.462 e. The molecule has 1 aliphatic heterocycles. The fourth-order valence-corrected chi connectivity index (χ4v) is 1.72. The fraction of sp³-hybridized carbons (Fsp3) is 0.286. The maximum atomic E-state index is 11.6. The van der Waals surface area contributed by atoms with Gasteiger partial charge in [-0.15, -0.1) is 0 Å². The molecule has 5 nitrogen and oxygen atoms in total. The van der Waals surface area contributed by atoms with Crippen LogP contribution in [0.4, 0.5) is 0 Å². The molecule has 19 heavy (non-hydrogen) atoms. The molecule has 0 aromatic heterocycles. The molecule has 5 heteroatoms. The van der Waals surface area contributed by atoms with E-state index >= 15 is 0 Å². The number of fused-ring (bicyclic) bond motifs is 1. The zero-order chi connectivity index (χ0) is 13.8. The number of hydrogen-bond donors (Lipinski definition) is 0. The van der Waals surface area contributed by atoms with E-state index in [-0.39, 0.29) is 19.0 Å². The Bertz CT molecular complexity index is 584. The first kappa shape index (κ1) is 13.0. The molecule has 0 bridgehead atoms. The van der Waals surface area contributed by atoms with Crippen molar-refractivity contribution >= 4 is 12.0 Å². The number of benzene rings is 1. The summed E-state index contributed by atoms with van der Waals surface area (Å²) in [5.74, 6) is 0.657. The zero-order valence-corrected chi connectivity index (χ0v) is 10.7. The molecular weight excluding hydrogens is 246 g/mol. The van der Waals surface area contributed by atoms with Crippen LogP contribution in [0.5, 0.6) is 11.5 Å². The van der Waals surface area contributed by atoms with Crippen LogP contribution in [0.3, 0.4) is 0 Å². The van der Waals surface area contributed by atoms with E-state index in [1.54, 1.807) is 13.0 Å². The molecule has 0 aliphatic carbocycles. The SMILES string of the molecule is CCOC(=O)/C(C#N)=C/c1cc2c(cc1C)OCO2. The highest BCUT2D eigenvalue weighted by Gasteiger charge is 2.16. The van der Waals surface area contributed by atoms with Crippen molar-refractivity contribution in [1.82, 2.24) is 0 Å². The third-order valence-corrected chi connectivity index (χ3v) is 2.68. The molecule has 98 valence electrons. The molecule has 0 unspecified atom stereocenters. The second kappa shape index (κ2) is 5.44. The maximum Gasteiger partial charge on any atom is 0.348 e. The molecule has 0 atom stereocenters. The predicted octanol–water partition coefficient (Wildman–Crippen LogP) is 2.19. The topological polar surface area (TPSA) is 68.6 Å². The Morgan fingerprint density at radius 1 is 1.47 bits per heavy atom. The van der Waals surface area contributed by atoms with Crippen LogP contribution in [0.15, 0.2) is 17.7 Å². The number of rotatable bonds is 3. The van der Waals surface area contributed by atoms with Gasteiger partial charge in [-0.05, 0) is 43.2 Å². The Balaban J connectivity index is 2.36.